The van der Waals surface area contributed by atoms with Crippen molar-refractivity contribution in [2.45, 2.75) is 131 Å². The Morgan fingerprint density at radius 2 is 1.02 bits per heavy atom. The van der Waals surface area contributed by atoms with Crippen LogP contribution in [0.5, 0.6) is 0 Å². The van der Waals surface area contributed by atoms with Gasteiger partial charge >= 0.3 is 5.97 Å². The van der Waals surface area contributed by atoms with E-state index in [-0.39, 0.29) is 158 Å². The SMILES string of the molecule is CC(=O)CCC(CC(=O)CCC(NC(=O)COCCOCCNC(=O)CCC(CC(=O)CCC(C)C(=O)O)C(C)=O)C(=O)CC(CCC(C)=O)C(C)=O)C(C)=O.[HH]. The van der Waals surface area contributed by atoms with Crippen molar-refractivity contribution in [1.29, 1.82) is 0 Å². The highest BCUT2D eigenvalue weighted by Crippen LogP contribution is 2.20. The third kappa shape index (κ3) is 25.7. The number of nitrogens with one attached hydrogen (secondary N) is 2. The monoisotopic (exact) mass is 796 g/mol. The van der Waals surface area contributed by atoms with Crippen molar-refractivity contribution < 1.29 is 68.7 Å². The van der Waals surface area contributed by atoms with Gasteiger partial charge in [0, 0.05) is 77.1 Å². The quantitative estimate of drug-likeness (QED) is 0.0780. The van der Waals surface area contributed by atoms with Crippen LogP contribution in [0.3, 0.4) is 0 Å². The lowest BCUT2D eigenvalue weighted by atomic mass is 9.88. The summed E-state index contributed by atoms with van der Waals surface area (Å²) in [5.74, 6) is -6.73. The van der Waals surface area contributed by atoms with Gasteiger partial charge in [-0.15, -0.1) is 0 Å². The number of amides is 2. The lowest BCUT2D eigenvalue weighted by molar-refractivity contribution is -0.141. The first-order chi connectivity index (χ1) is 26.2. The van der Waals surface area contributed by atoms with Gasteiger partial charge < -0.3 is 34.8 Å². The number of carboxylic acid groups (broad SMARTS) is 1. The highest BCUT2D eigenvalue weighted by atomic mass is 16.5. The number of carbonyl (C=O) groups excluding carboxylic acids is 10. The third-order valence-electron chi connectivity index (χ3n) is 9.42. The van der Waals surface area contributed by atoms with Gasteiger partial charge in [-0.05, 0) is 66.7 Å². The fourth-order valence-electron chi connectivity index (χ4n) is 5.64. The molecule has 0 aromatic carbocycles. The van der Waals surface area contributed by atoms with Gasteiger partial charge in [0.2, 0.25) is 11.8 Å². The largest absolute Gasteiger partial charge is 0.481 e. The van der Waals surface area contributed by atoms with Crippen molar-refractivity contribution in [2.24, 2.45) is 23.7 Å². The molecule has 0 spiro atoms. The third-order valence-corrected chi connectivity index (χ3v) is 9.42. The number of ketones is 8. The zero-order valence-corrected chi connectivity index (χ0v) is 33.9. The topological polar surface area (TPSA) is 251 Å². The van der Waals surface area contributed by atoms with E-state index >= 15 is 0 Å². The van der Waals surface area contributed by atoms with Crippen molar-refractivity contribution in [2.75, 3.05) is 33.0 Å². The van der Waals surface area contributed by atoms with Crippen molar-refractivity contribution in [3.8, 4) is 0 Å². The van der Waals surface area contributed by atoms with Gasteiger partial charge in [-0.25, -0.2) is 0 Å². The molecule has 0 rings (SSSR count). The van der Waals surface area contributed by atoms with Gasteiger partial charge in [-0.1, -0.05) is 6.92 Å². The molecule has 16 nitrogen and oxygen atoms in total. The maximum atomic E-state index is 13.3. The first-order valence-electron chi connectivity index (χ1n) is 19.2. The molecular formula is C40H64N2O14. The summed E-state index contributed by atoms with van der Waals surface area (Å²) in [6.07, 6.45) is 0.404. The van der Waals surface area contributed by atoms with Crippen LogP contribution in [-0.4, -0.2) is 108 Å². The molecule has 3 N–H and O–H groups in total. The molecule has 0 saturated carbocycles. The van der Waals surface area contributed by atoms with E-state index in [4.69, 9.17) is 14.6 Å². The second-order valence-electron chi connectivity index (χ2n) is 14.6. The van der Waals surface area contributed by atoms with Gasteiger partial charge in [0.25, 0.3) is 0 Å². The maximum absolute atomic E-state index is 13.3. The van der Waals surface area contributed by atoms with E-state index in [0.717, 1.165) is 0 Å². The molecule has 0 fully saturated rings. The summed E-state index contributed by atoms with van der Waals surface area (Å²) in [5, 5.41) is 14.2. The Morgan fingerprint density at radius 3 is 1.50 bits per heavy atom. The molecule has 0 aromatic rings. The molecule has 5 atom stereocenters. The zero-order chi connectivity index (χ0) is 42.8. The van der Waals surface area contributed by atoms with E-state index in [1.54, 1.807) is 0 Å². The van der Waals surface area contributed by atoms with Crippen LogP contribution in [0.4, 0.5) is 0 Å². The smallest absolute Gasteiger partial charge is 0.306 e. The summed E-state index contributed by atoms with van der Waals surface area (Å²) in [5.41, 5.74) is 0. The second kappa shape index (κ2) is 29.0. The van der Waals surface area contributed by atoms with E-state index in [1.165, 1.54) is 41.5 Å². The lowest BCUT2D eigenvalue weighted by Gasteiger charge is -2.21. The Kier molecular flexibility index (Phi) is 26.8. The van der Waals surface area contributed by atoms with Crippen LogP contribution in [0.25, 0.3) is 0 Å². The second-order valence-corrected chi connectivity index (χ2v) is 14.6. The van der Waals surface area contributed by atoms with Gasteiger partial charge in [0.05, 0.1) is 31.8 Å². The fraction of sp³-hybridized carbons (Fsp3) is 0.725. The van der Waals surface area contributed by atoms with Crippen LogP contribution >= 0.6 is 0 Å². The minimum absolute atomic E-state index is 0. The highest BCUT2D eigenvalue weighted by molar-refractivity contribution is 5.94. The number of carboxylic acids is 1. The first kappa shape index (κ1) is 51.7. The van der Waals surface area contributed by atoms with E-state index in [9.17, 15) is 52.7 Å². The predicted molar refractivity (Wildman–Crippen MR) is 204 cm³/mol. The number of rotatable bonds is 35. The van der Waals surface area contributed by atoms with Crippen molar-refractivity contribution in [3.05, 3.63) is 0 Å². The van der Waals surface area contributed by atoms with Gasteiger partial charge in [0.1, 0.15) is 47.1 Å². The maximum Gasteiger partial charge on any atom is 0.306 e. The van der Waals surface area contributed by atoms with E-state index in [2.05, 4.69) is 10.6 Å². The van der Waals surface area contributed by atoms with Gasteiger partial charge in [-0.2, -0.15) is 0 Å². The predicted octanol–water partition coefficient (Wildman–Crippen LogP) is 3.16. The summed E-state index contributed by atoms with van der Waals surface area (Å²) in [6, 6.07) is -1.14. The summed E-state index contributed by atoms with van der Waals surface area (Å²) in [6.45, 7) is 8.14. The molecule has 2 amide bonds. The molecular weight excluding hydrogens is 732 g/mol. The van der Waals surface area contributed by atoms with Gasteiger partial charge in [-0.3, -0.25) is 43.2 Å². The molecule has 318 valence electrons. The van der Waals surface area contributed by atoms with Crippen LogP contribution in [0, 0.1) is 23.7 Å². The Bertz CT molecular complexity index is 1400. The molecule has 0 aromatic heterocycles. The average molecular weight is 797 g/mol. The molecule has 0 radical (unpaired) electrons. The van der Waals surface area contributed by atoms with Crippen molar-refractivity contribution in [3.63, 3.8) is 0 Å². The molecule has 0 saturated heterocycles. The van der Waals surface area contributed by atoms with E-state index in [1.807, 2.05) is 0 Å². The molecule has 56 heavy (non-hydrogen) atoms. The number of hydrogen-bond acceptors (Lipinski definition) is 13. The van der Waals surface area contributed by atoms with Crippen LogP contribution < -0.4 is 10.6 Å². The van der Waals surface area contributed by atoms with E-state index < -0.39 is 54.0 Å². The summed E-state index contributed by atoms with van der Waals surface area (Å²) in [4.78, 5) is 133. The minimum Gasteiger partial charge on any atom is -0.481 e. The summed E-state index contributed by atoms with van der Waals surface area (Å²) in [7, 11) is 0. The number of hydrogen-bond donors (Lipinski definition) is 3. The molecule has 5 unspecified atom stereocenters. The van der Waals surface area contributed by atoms with Crippen LogP contribution in [0.2, 0.25) is 0 Å². The normalized spacial score (nSPS) is 13.7. The van der Waals surface area contributed by atoms with Crippen LogP contribution in [0.1, 0.15) is 126 Å². The summed E-state index contributed by atoms with van der Waals surface area (Å²) < 4.78 is 10.8. The molecule has 16 heteroatoms. The Labute approximate surface area is 330 Å². The highest BCUT2D eigenvalue weighted by Gasteiger charge is 2.28. The number of carbonyl (C=O) groups is 11. The molecule has 0 heterocycles. The van der Waals surface area contributed by atoms with Crippen LogP contribution in [-0.2, 0) is 62.2 Å². The summed E-state index contributed by atoms with van der Waals surface area (Å²) >= 11 is 0. The van der Waals surface area contributed by atoms with Crippen molar-refractivity contribution in [1.82, 2.24) is 10.6 Å². The Hall–Kier alpha value is -4.31. The zero-order valence-electron chi connectivity index (χ0n) is 33.9. The number of aliphatic carboxylic acids is 1. The standard InChI is InChI=1S/C40H62N2O14.H2/c1-25(40(53)54)7-13-34(48)22-32(29(5)46)12-16-38(51)41-17-18-55-19-20-56-24-39(52)42-36(37(50)23-33(30(6)47)11-9-27(3)44)15-14-35(49)21-31(28(4)45)10-8-26(2)43;/h25,31-33,36H,7-24H2,1-6H3,(H,41,51)(H,42,52)(H,53,54);1H. The van der Waals surface area contributed by atoms with Crippen molar-refractivity contribution >= 4 is 64.0 Å². The first-order valence-corrected chi connectivity index (χ1v) is 19.2. The molecule has 0 aliphatic rings. The van der Waals surface area contributed by atoms with E-state index in [0.29, 0.717) is 0 Å². The van der Waals surface area contributed by atoms with Gasteiger partial charge in [0.15, 0.2) is 5.78 Å². The molecule has 0 aliphatic heterocycles. The fourth-order valence-corrected chi connectivity index (χ4v) is 5.64. The average Bonchev–Trinajstić information content (AvgIpc) is 3.11. The number of Topliss-reactive ketones (excluding diaryl/α,β-unsaturated/α-hetero) is 8. The number of ether oxygens (including phenoxy) is 2. The lowest BCUT2D eigenvalue weighted by Crippen LogP contribution is -2.44. The molecule has 0 aliphatic carbocycles. The van der Waals surface area contributed by atoms with Crippen LogP contribution in [0.15, 0.2) is 0 Å². The molecule has 0 bridgehead atoms. The minimum atomic E-state index is -1.14. The Balaban J connectivity index is 0. The Morgan fingerprint density at radius 1 is 0.554 bits per heavy atom.